The summed E-state index contributed by atoms with van der Waals surface area (Å²) in [6, 6.07) is 0. The SMILES string of the molecule is CCOC(=O)c1nc(Cl)ncc1C. The average molecular weight is 201 g/mol. The van der Waals surface area contributed by atoms with Crippen molar-refractivity contribution in [2.24, 2.45) is 0 Å². The Hall–Kier alpha value is -1.16. The maximum absolute atomic E-state index is 11.2. The first-order chi connectivity index (χ1) is 6.15. The van der Waals surface area contributed by atoms with Gasteiger partial charge in [0.25, 0.3) is 0 Å². The number of nitrogens with zero attached hydrogens (tertiary/aromatic N) is 2. The van der Waals surface area contributed by atoms with Gasteiger partial charge in [0.1, 0.15) is 0 Å². The van der Waals surface area contributed by atoms with Crippen molar-refractivity contribution in [3.63, 3.8) is 0 Å². The van der Waals surface area contributed by atoms with Gasteiger partial charge in [-0.1, -0.05) is 0 Å². The number of carbonyl (C=O) groups is 1. The molecule has 0 aliphatic carbocycles. The lowest BCUT2D eigenvalue weighted by Crippen LogP contribution is -2.09. The quantitative estimate of drug-likeness (QED) is 0.538. The van der Waals surface area contributed by atoms with Crippen molar-refractivity contribution in [2.75, 3.05) is 6.61 Å². The second-order valence-electron chi connectivity index (χ2n) is 2.39. The molecule has 1 heterocycles. The molecule has 0 bridgehead atoms. The Morgan fingerprint density at radius 1 is 1.69 bits per heavy atom. The average Bonchev–Trinajstić information content (AvgIpc) is 2.09. The Balaban J connectivity index is 2.99. The third-order valence-electron chi connectivity index (χ3n) is 1.41. The maximum atomic E-state index is 11.2. The molecule has 0 amide bonds. The predicted octanol–water partition coefficient (Wildman–Crippen LogP) is 1.62. The topological polar surface area (TPSA) is 52.1 Å². The summed E-state index contributed by atoms with van der Waals surface area (Å²) < 4.78 is 4.78. The van der Waals surface area contributed by atoms with Crippen molar-refractivity contribution in [1.82, 2.24) is 9.97 Å². The van der Waals surface area contributed by atoms with Crippen LogP contribution >= 0.6 is 11.6 Å². The van der Waals surface area contributed by atoms with Gasteiger partial charge >= 0.3 is 5.97 Å². The van der Waals surface area contributed by atoms with Gasteiger partial charge in [-0.2, -0.15) is 0 Å². The first-order valence-corrected chi connectivity index (χ1v) is 4.19. The van der Waals surface area contributed by atoms with Crippen LogP contribution in [0.15, 0.2) is 6.20 Å². The third-order valence-corrected chi connectivity index (χ3v) is 1.59. The second kappa shape index (κ2) is 4.18. The number of hydrogen-bond acceptors (Lipinski definition) is 4. The molecule has 0 saturated heterocycles. The molecule has 0 unspecified atom stereocenters. The van der Waals surface area contributed by atoms with Gasteiger partial charge in [0.05, 0.1) is 6.61 Å². The Bertz CT molecular complexity index is 328. The lowest BCUT2D eigenvalue weighted by atomic mass is 10.2. The molecule has 0 atom stereocenters. The molecular weight excluding hydrogens is 192 g/mol. The second-order valence-corrected chi connectivity index (χ2v) is 2.73. The zero-order valence-electron chi connectivity index (χ0n) is 7.37. The van der Waals surface area contributed by atoms with Crippen molar-refractivity contribution < 1.29 is 9.53 Å². The van der Waals surface area contributed by atoms with Gasteiger partial charge in [0.2, 0.25) is 5.28 Å². The van der Waals surface area contributed by atoms with Crippen molar-refractivity contribution in [3.8, 4) is 0 Å². The molecule has 0 aliphatic heterocycles. The van der Waals surface area contributed by atoms with Crippen LogP contribution < -0.4 is 0 Å². The van der Waals surface area contributed by atoms with Gasteiger partial charge in [-0.25, -0.2) is 14.8 Å². The number of carbonyl (C=O) groups excluding carboxylic acids is 1. The van der Waals surface area contributed by atoms with E-state index in [2.05, 4.69) is 9.97 Å². The first-order valence-electron chi connectivity index (χ1n) is 3.81. The minimum Gasteiger partial charge on any atom is -0.461 e. The van der Waals surface area contributed by atoms with Crippen LogP contribution in [0.25, 0.3) is 0 Å². The molecule has 70 valence electrons. The number of halogens is 1. The van der Waals surface area contributed by atoms with Gasteiger partial charge in [0.15, 0.2) is 5.69 Å². The van der Waals surface area contributed by atoms with E-state index in [0.29, 0.717) is 12.2 Å². The summed E-state index contributed by atoms with van der Waals surface area (Å²) in [5.74, 6) is -0.468. The highest BCUT2D eigenvalue weighted by molar-refractivity contribution is 6.28. The Morgan fingerprint density at radius 2 is 2.38 bits per heavy atom. The Kier molecular flexibility index (Phi) is 3.19. The molecule has 0 N–H and O–H groups in total. The van der Waals surface area contributed by atoms with E-state index < -0.39 is 5.97 Å². The van der Waals surface area contributed by atoms with Crippen molar-refractivity contribution >= 4 is 17.6 Å². The summed E-state index contributed by atoms with van der Waals surface area (Å²) in [6.45, 7) is 3.78. The van der Waals surface area contributed by atoms with Crippen LogP contribution in [0.2, 0.25) is 5.28 Å². The smallest absolute Gasteiger partial charge is 0.357 e. The minimum absolute atomic E-state index is 0.0497. The van der Waals surface area contributed by atoms with Crippen LogP contribution in [0.4, 0.5) is 0 Å². The molecule has 1 aromatic rings. The predicted molar refractivity (Wildman–Crippen MR) is 47.7 cm³/mol. The summed E-state index contributed by atoms with van der Waals surface area (Å²) in [4.78, 5) is 18.7. The number of esters is 1. The minimum atomic E-state index is -0.468. The van der Waals surface area contributed by atoms with E-state index in [1.807, 2.05) is 0 Å². The summed E-state index contributed by atoms with van der Waals surface area (Å²) in [7, 11) is 0. The zero-order chi connectivity index (χ0) is 9.84. The normalized spacial score (nSPS) is 9.77. The first kappa shape index (κ1) is 9.92. The highest BCUT2D eigenvalue weighted by atomic mass is 35.5. The fourth-order valence-corrected chi connectivity index (χ4v) is 0.960. The van der Waals surface area contributed by atoms with Crippen LogP contribution in [-0.2, 0) is 4.74 Å². The fourth-order valence-electron chi connectivity index (χ4n) is 0.827. The molecule has 1 aromatic heterocycles. The van der Waals surface area contributed by atoms with E-state index in [-0.39, 0.29) is 11.0 Å². The van der Waals surface area contributed by atoms with Crippen molar-refractivity contribution in [3.05, 3.63) is 22.7 Å². The summed E-state index contributed by atoms with van der Waals surface area (Å²) in [5.41, 5.74) is 0.879. The van der Waals surface area contributed by atoms with E-state index in [9.17, 15) is 4.79 Å². The highest BCUT2D eigenvalue weighted by Gasteiger charge is 2.12. The summed E-state index contributed by atoms with van der Waals surface area (Å²) >= 11 is 5.53. The monoisotopic (exact) mass is 200 g/mol. The molecular formula is C8H9ClN2O2. The van der Waals surface area contributed by atoms with E-state index in [1.165, 1.54) is 6.20 Å². The van der Waals surface area contributed by atoms with E-state index >= 15 is 0 Å². The van der Waals surface area contributed by atoms with Gasteiger partial charge in [-0.05, 0) is 25.4 Å². The fraction of sp³-hybridized carbons (Fsp3) is 0.375. The van der Waals surface area contributed by atoms with Crippen LogP contribution in [0.1, 0.15) is 23.0 Å². The number of aryl methyl sites for hydroxylation is 1. The third kappa shape index (κ3) is 2.39. The molecule has 13 heavy (non-hydrogen) atoms. The van der Waals surface area contributed by atoms with Gasteiger partial charge in [0, 0.05) is 11.8 Å². The largest absolute Gasteiger partial charge is 0.461 e. The highest BCUT2D eigenvalue weighted by Crippen LogP contribution is 2.08. The lowest BCUT2D eigenvalue weighted by molar-refractivity contribution is 0.0518. The van der Waals surface area contributed by atoms with Crippen LogP contribution in [0.5, 0.6) is 0 Å². The number of hydrogen-bond donors (Lipinski definition) is 0. The molecule has 4 nitrogen and oxygen atoms in total. The van der Waals surface area contributed by atoms with Crippen LogP contribution in [0, 0.1) is 6.92 Å². The maximum Gasteiger partial charge on any atom is 0.357 e. The number of rotatable bonds is 2. The molecule has 5 heteroatoms. The van der Waals surface area contributed by atoms with Crippen LogP contribution in [-0.4, -0.2) is 22.5 Å². The molecule has 0 fully saturated rings. The van der Waals surface area contributed by atoms with Crippen LogP contribution in [0.3, 0.4) is 0 Å². The standard InChI is InChI=1S/C8H9ClN2O2/c1-3-13-7(12)6-5(2)4-10-8(9)11-6/h4H,3H2,1-2H3. The molecule has 0 saturated carbocycles. The van der Waals surface area contributed by atoms with Gasteiger partial charge in [-0.3, -0.25) is 0 Å². The zero-order valence-corrected chi connectivity index (χ0v) is 8.13. The summed E-state index contributed by atoms with van der Waals surface area (Å²) in [6.07, 6.45) is 1.49. The Labute approximate surface area is 80.9 Å². The van der Waals surface area contributed by atoms with E-state index in [1.54, 1.807) is 13.8 Å². The summed E-state index contributed by atoms with van der Waals surface area (Å²) in [5, 5.41) is 0.0497. The molecule has 0 radical (unpaired) electrons. The number of aromatic nitrogens is 2. The van der Waals surface area contributed by atoms with E-state index in [0.717, 1.165) is 0 Å². The Morgan fingerprint density at radius 3 is 3.00 bits per heavy atom. The molecule has 1 rings (SSSR count). The van der Waals surface area contributed by atoms with Gasteiger partial charge in [-0.15, -0.1) is 0 Å². The molecule has 0 spiro atoms. The van der Waals surface area contributed by atoms with Crippen molar-refractivity contribution in [2.45, 2.75) is 13.8 Å². The van der Waals surface area contributed by atoms with Crippen molar-refractivity contribution in [1.29, 1.82) is 0 Å². The molecule has 0 aromatic carbocycles. The van der Waals surface area contributed by atoms with Gasteiger partial charge < -0.3 is 4.74 Å². The lowest BCUT2D eigenvalue weighted by Gasteiger charge is -2.03. The van der Waals surface area contributed by atoms with E-state index in [4.69, 9.17) is 16.3 Å². The number of ether oxygens (including phenoxy) is 1. The molecule has 0 aliphatic rings.